The van der Waals surface area contributed by atoms with Crippen LogP contribution >= 0.6 is 0 Å². The molecule has 1 saturated carbocycles. The summed E-state index contributed by atoms with van der Waals surface area (Å²) in [7, 11) is 0. The van der Waals surface area contributed by atoms with Crippen molar-refractivity contribution < 1.29 is 4.79 Å². The Morgan fingerprint density at radius 1 is 1.44 bits per heavy atom. The van der Waals surface area contributed by atoms with Crippen LogP contribution in [0.3, 0.4) is 0 Å². The minimum Gasteiger partial charge on any atom is -0.350 e. The first kappa shape index (κ1) is 17.4. The van der Waals surface area contributed by atoms with E-state index in [1.54, 1.807) is 12.3 Å². The van der Waals surface area contributed by atoms with Gasteiger partial charge in [-0.15, -0.1) is 0 Å². The second-order valence-corrected chi connectivity index (χ2v) is 7.48. The third-order valence-electron chi connectivity index (χ3n) is 4.67. The van der Waals surface area contributed by atoms with Crippen molar-refractivity contribution in [1.82, 2.24) is 24.8 Å². The van der Waals surface area contributed by atoms with E-state index in [2.05, 4.69) is 38.7 Å². The van der Waals surface area contributed by atoms with Gasteiger partial charge in [-0.25, -0.2) is 9.78 Å². The van der Waals surface area contributed by atoms with Gasteiger partial charge in [0.2, 0.25) is 0 Å². The minimum absolute atomic E-state index is 0.0864. The van der Waals surface area contributed by atoms with E-state index in [0.29, 0.717) is 18.9 Å². The molecule has 2 aromatic rings. The lowest BCUT2D eigenvalue weighted by Gasteiger charge is -2.17. The summed E-state index contributed by atoms with van der Waals surface area (Å²) < 4.78 is 2.12. The van der Waals surface area contributed by atoms with Gasteiger partial charge in [0.05, 0.1) is 0 Å². The molecule has 1 aliphatic carbocycles. The van der Waals surface area contributed by atoms with Crippen molar-refractivity contribution in [2.45, 2.75) is 46.6 Å². The van der Waals surface area contributed by atoms with Crippen LogP contribution in [0.1, 0.15) is 48.7 Å². The molecule has 1 amide bonds. The SMILES string of the molecule is Cc1nccn1CC1(CNC(=O)c2cc(CC(C)C)[nH]c(=O)n2)CC1. The first-order chi connectivity index (χ1) is 11.9. The molecule has 134 valence electrons. The van der Waals surface area contributed by atoms with E-state index < -0.39 is 5.69 Å². The van der Waals surface area contributed by atoms with E-state index >= 15 is 0 Å². The first-order valence-corrected chi connectivity index (χ1v) is 8.73. The normalized spacial score (nSPS) is 15.4. The van der Waals surface area contributed by atoms with Gasteiger partial charge in [-0.3, -0.25) is 4.79 Å². The lowest BCUT2D eigenvalue weighted by Crippen LogP contribution is -2.34. The van der Waals surface area contributed by atoms with Crippen molar-refractivity contribution in [1.29, 1.82) is 0 Å². The maximum Gasteiger partial charge on any atom is 0.345 e. The fourth-order valence-electron chi connectivity index (χ4n) is 3.03. The monoisotopic (exact) mass is 343 g/mol. The van der Waals surface area contributed by atoms with Gasteiger partial charge in [-0.05, 0) is 38.2 Å². The van der Waals surface area contributed by atoms with Crippen molar-refractivity contribution in [2.75, 3.05) is 6.54 Å². The highest BCUT2D eigenvalue weighted by molar-refractivity contribution is 5.92. The quantitative estimate of drug-likeness (QED) is 0.800. The van der Waals surface area contributed by atoms with Gasteiger partial charge < -0.3 is 14.9 Å². The zero-order valence-electron chi connectivity index (χ0n) is 15.0. The van der Waals surface area contributed by atoms with Crippen LogP contribution in [0, 0.1) is 18.3 Å². The number of nitrogens with zero attached hydrogens (tertiary/aromatic N) is 3. The summed E-state index contributed by atoms with van der Waals surface area (Å²) in [5.41, 5.74) is 0.547. The Balaban J connectivity index is 1.64. The summed E-state index contributed by atoms with van der Waals surface area (Å²) in [6.45, 7) is 7.53. The summed E-state index contributed by atoms with van der Waals surface area (Å²) in [6, 6.07) is 1.68. The standard InChI is InChI=1S/C18H25N5O2/c1-12(2)8-14-9-15(22-17(25)21-14)16(24)20-10-18(4-5-18)11-23-7-6-19-13(23)3/h6-7,9,12H,4-5,8,10-11H2,1-3H3,(H,20,24)(H,21,22,25). The van der Waals surface area contributed by atoms with E-state index in [-0.39, 0.29) is 17.0 Å². The Hall–Kier alpha value is -2.44. The number of nitrogens with one attached hydrogen (secondary N) is 2. The summed E-state index contributed by atoms with van der Waals surface area (Å²) in [5, 5.41) is 2.95. The van der Waals surface area contributed by atoms with Crippen LogP contribution in [0.5, 0.6) is 0 Å². The molecule has 3 rings (SSSR count). The average molecular weight is 343 g/mol. The number of amides is 1. The molecule has 0 aromatic carbocycles. The lowest BCUT2D eigenvalue weighted by molar-refractivity contribution is 0.0937. The van der Waals surface area contributed by atoms with Crippen LogP contribution in [-0.2, 0) is 13.0 Å². The molecule has 0 spiro atoms. The molecule has 0 atom stereocenters. The fraction of sp³-hybridized carbons (Fsp3) is 0.556. The molecular formula is C18H25N5O2. The largest absolute Gasteiger partial charge is 0.350 e. The Labute approximate surface area is 146 Å². The molecule has 0 unspecified atom stereocenters. The van der Waals surface area contributed by atoms with E-state index in [9.17, 15) is 9.59 Å². The van der Waals surface area contributed by atoms with Crippen molar-refractivity contribution in [3.8, 4) is 0 Å². The molecule has 25 heavy (non-hydrogen) atoms. The predicted molar refractivity (Wildman–Crippen MR) is 94.4 cm³/mol. The van der Waals surface area contributed by atoms with Crippen molar-refractivity contribution >= 4 is 5.91 Å². The Morgan fingerprint density at radius 3 is 2.80 bits per heavy atom. The van der Waals surface area contributed by atoms with Crippen LogP contribution < -0.4 is 11.0 Å². The third-order valence-corrected chi connectivity index (χ3v) is 4.67. The molecular weight excluding hydrogens is 318 g/mol. The summed E-state index contributed by atoms with van der Waals surface area (Å²) in [6.07, 6.45) is 6.62. The first-order valence-electron chi connectivity index (χ1n) is 8.73. The number of aromatic amines is 1. The Bertz CT molecular complexity index is 817. The summed E-state index contributed by atoms with van der Waals surface area (Å²) in [4.78, 5) is 34.9. The number of hydrogen-bond acceptors (Lipinski definition) is 4. The molecule has 0 radical (unpaired) electrons. The summed E-state index contributed by atoms with van der Waals surface area (Å²) in [5.74, 6) is 1.08. The van der Waals surface area contributed by atoms with Crippen molar-refractivity contribution in [3.63, 3.8) is 0 Å². The Morgan fingerprint density at radius 2 is 2.20 bits per heavy atom. The van der Waals surface area contributed by atoms with E-state index in [1.807, 2.05) is 13.1 Å². The Kier molecular flexibility index (Phi) is 4.74. The number of H-pyrrole nitrogens is 1. The molecule has 0 saturated heterocycles. The predicted octanol–water partition coefficient (Wildman–Crippen LogP) is 1.68. The van der Waals surface area contributed by atoms with E-state index in [4.69, 9.17) is 0 Å². The lowest BCUT2D eigenvalue weighted by atomic mass is 10.1. The van der Waals surface area contributed by atoms with Crippen LogP contribution in [-0.4, -0.2) is 32.0 Å². The maximum atomic E-state index is 12.4. The van der Waals surface area contributed by atoms with Gasteiger partial charge >= 0.3 is 5.69 Å². The van der Waals surface area contributed by atoms with Crippen LogP contribution in [0.25, 0.3) is 0 Å². The van der Waals surface area contributed by atoms with Crippen molar-refractivity contribution in [2.24, 2.45) is 11.3 Å². The van der Waals surface area contributed by atoms with Crippen LogP contribution in [0.4, 0.5) is 0 Å². The molecule has 2 heterocycles. The molecule has 0 bridgehead atoms. The molecule has 7 nitrogen and oxygen atoms in total. The maximum absolute atomic E-state index is 12.4. The average Bonchev–Trinajstić information content (AvgIpc) is 3.19. The highest BCUT2D eigenvalue weighted by Gasteiger charge is 2.43. The fourth-order valence-corrected chi connectivity index (χ4v) is 3.03. The number of carbonyl (C=O) groups is 1. The topological polar surface area (TPSA) is 92.7 Å². The van der Waals surface area contributed by atoms with Gasteiger partial charge in [0.1, 0.15) is 11.5 Å². The van der Waals surface area contributed by atoms with Gasteiger partial charge in [0.15, 0.2) is 0 Å². The van der Waals surface area contributed by atoms with Gasteiger partial charge in [0.25, 0.3) is 5.91 Å². The molecule has 2 aromatic heterocycles. The smallest absolute Gasteiger partial charge is 0.345 e. The van der Waals surface area contributed by atoms with Crippen LogP contribution in [0.15, 0.2) is 23.3 Å². The molecule has 7 heteroatoms. The molecule has 0 aliphatic heterocycles. The highest BCUT2D eigenvalue weighted by Crippen LogP contribution is 2.46. The van der Waals surface area contributed by atoms with E-state index in [1.165, 1.54) is 0 Å². The van der Waals surface area contributed by atoms with E-state index in [0.717, 1.165) is 30.9 Å². The van der Waals surface area contributed by atoms with Gasteiger partial charge in [-0.1, -0.05) is 13.8 Å². The van der Waals surface area contributed by atoms with Crippen molar-refractivity contribution in [3.05, 3.63) is 46.2 Å². The zero-order valence-corrected chi connectivity index (χ0v) is 15.0. The zero-order chi connectivity index (χ0) is 18.0. The number of carbonyl (C=O) groups excluding carboxylic acids is 1. The molecule has 1 aliphatic rings. The number of hydrogen-bond donors (Lipinski definition) is 2. The van der Waals surface area contributed by atoms with Gasteiger partial charge in [0, 0.05) is 36.6 Å². The molecule has 2 N–H and O–H groups in total. The minimum atomic E-state index is -0.474. The second kappa shape index (κ2) is 6.82. The number of aromatic nitrogens is 4. The van der Waals surface area contributed by atoms with Crippen LogP contribution in [0.2, 0.25) is 0 Å². The number of aryl methyl sites for hydroxylation is 1. The highest BCUT2D eigenvalue weighted by atomic mass is 16.2. The molecule has 1 fully saturated rings. The van der Waals surface area contributed by atoms with Gasteiger partial charge in [-0.2, -0.15) is 4.98 Å². The number of imidazole rings is 1. The summed E-state index contributed by atoms with van der Waals surface area (Å²) >= 11 is 0. The number of rotatable bonds is 7. The second-order valence-electron chi connectivity index (χ2n) is 7.48. The third kappa shape index (κ3) is 4.35.